The van der Waals surface area contributed by atoms with Gasteiger partial charge in [-0.15, -0.1) is 0 Å². The van der Waals surface area contributed by atoms with Crippen molar-refractivity contribution in [2.75, 3.05) is 21.3 Å². The molecular weight excluding hydrogens is 394 g/mol. The van der Waals surface area contributed by atoms with E-state index in [0.29, 0.717) is 35.2 Å². The van der Waals surface area contributed by atoms with Gasteiger partial charge in [0.1, 0.15) is 18.1 Å². The van der Waals surface area contributed by atoms with Gasteiger partial charge in [0.25, 0.3) is 5.91 Å². The first-order valence-corrected chi connectivity index (χ1v) is 9.93. The van der Waals surface area contributed by atoms with Crippen LogP contribution in [-0.4, -0.2) is 27.2 Å². The van der Waals surface area contributed by atoms with Crippen LogP contribution in [0.3, 0.4) is 0 Å². The van der Waals surface area contributed by atoms with E-state index >= 15 is 0 Å². The minimum absolute atomic E-state index is 0.224. The van der Waals surface area contributed by atoms with Gasteiger partial charge in [-0.2, -0.15) is 0 Å². The first-order valence-electron chi connectivity index (χ1n) is 9.93. The van der Waals surface area contributed by atoms with E-state index in [1.165, 1.54) is 0 Å². The van der Waals surface area contributed by atoms with Crippen LogP contribution in [0.5, 0.6) is 23.0 Å². The molecule has 1 amide bonds. The molecule has 1 N–H and O–H groups in total. The number of carbonyl (C=O) groups is 1. The van der Waals surface area contributed by atoms with E-state index in [1.54, 1.807) is 45.6 Å². The highest BCUT2D eigenvalue weighted by atomic mass is 16.5. The zero-order chi connectivity index (χ0) is 22.2. The van der Waals surface area contributed by atoms with Crippen molar-refractivity contribution in [2.45, 2.75) is 19.6 Å². The molecule has 0 fully saturated rings. The predicted octanol–water partition coefficient (Wildman–Crippen LogP) is 4.78. The van der Waals surface area contributed by atoms with E-state index < -0.39 is 0 Å². The molecule has 0 saturated heterocycles. The van der Waals surface area contributed by atoms with E-state index in [2.05, 4.69) is 5.32 Å². The van der Waals surface area contributed by atoms with Crippen molar-refractivity contribution in [3.63, 3.8) is 0 Å². The van der Waals surface area contributed by atoms with E-state index in [1.807, 2.05) is 49.4 Å². The maximum absolute atomic E-state index is 12.8. The number of nitrogens with one attached hydrogen (secondary N) is 1. The molecule has 3 aromatic rings. The van der Waals surface area contributed by atoms with Crippen molar-refractivity contribution in [1.29, 1.82) is 0 Å². The fourth-order valence-electron chi connectivity index (χ4n) is 3.20. The van der Waals surface area contributed by atoms with Gasteiger partial charge >= 0.3 is 0 Å². The van der Waals surface area contributed by atoms with Crippen LogP contribution in [0.1, 0.15) is 34.5 Å². The van der Waals surface area contributed by atoms with Crippen LogP contribution in [0, 0.1) is 0 Å². The van der Waals surface area contributed by atoms with E-state index in [9.17, 15) is 4.79 Å². The predicted molar refractivity (Wildman–Crippen MR) is 119 cm³/mol. The Labute approximate surface area is 182 Å². The molecule has 0 radical (unpaired) electrons. The molecule has 0 aliphatic rings. The minimum atomic E-state index is -0.270. The average Bonchev–Trinajstić information content (AvgIpc) is 2.82. The Morgan fingerprint density at radius 1 is 0.839 bits per heavy atom. The summed E-state index contributed by atoms with van der Waals surface area (Å²) in [5.41, 5.74) is 2.38. The van der Waals surface area contributed by atoms with Crippen molar-refractivity contribution < 1.29 is 23.7 Å². The van der Waals surface area contributed by atoms with Gasteiger partial charge in [-0.05, 0) is 42.8 Å². The first kappa shape index (κ1) is 22.0. The van der Waals surface area contributed by atoms with Gasteiger partial charge in [0.15, 0.2) is 11.5 Å². The van der Waals surface area contributed by atoms with Gasteiger partial charge in [-0.1, -0.05) is 30.3 Å². The normalized spacial score (nSPS) is 11.4. The summed E-state index contributed by atoms with van der Waals surface area (Å²) in [7, 11) is 4.74. The summed E-state index contributed by atoms with van der Waals surface area (Å²) in [5.74, 6) is 2.19. The Hall–Kier alpha value is -3.67. The summed E-state index contributed by atoms with van der Waals surface area (Å²) in [5, 5.41) is 3.00. The van der Waals surface area contributed by atoms with Gasteiger partial charge in [-0.25, -0.2) is 0 Å². The lowest BCUT2D eigenvalue weighted by Crippen LogP contribution is -2.27. The number of carbonyl (C=O) groups excluding carboxylic acids is 1. The molecule has 6 heteroatoms. The maximum Gasteiger partial charge on any atom is 0.251 e. The van der Waals surface area contributed by atoms with Crippen molar-refractivity contribution in [3.8, 4) is 23.0 Å². The number of rotatable bonds is 9. The first-order chi connectivity index (χ1) is 15.0. The molecule has 1 atom stereocenters. The Morgan fingerprint density at radius 3 is 2.26 bits per heavy atom. The molecular formula is C25H27NO5. The highest BCUT2D eigenvalue weighted by Gasteiger charge is 2.17. The van der Waals surface area contributed by atoms with Gasteiger partial charge in [-0.3, -0.25) is 4.79 Å². The third-order valence-corrected chi connectivity index (χ3v) is 4.92. The van der Waals surface area contributed by atoms with Crippen LogP contribution in [0.4, 0.5) is 0 Å². The third-order valence-electron chi connectivity index (χ3n) is 4.92. The molecule has 0 heterocycles. The van der Waals surface area contributed by atoms with Crippen molar-refractivity contribution in [1.82, 2.24) is 5.32 Å². The SMILES string of the molecule is COc1ccc(C(C)NC(=O)c2ccc(OCc3ccccc3)c(OC)c2)c(OC)c1. The van der Waals surface area contributed by atoms with Crippen molar-refractivity contribution >= 4 is 5.91 Å². The summed E-state index contributed by atoms with van der Waals surface area (Å²) in [4.78, 5) is 12.8. The quantitative estimate of drug-likeness (QED) is 0.539. The summed E-state index contributed by atoms with van der Waals surface area (Å²) in [6, 6.07) is 20.2. The molecule has 0 aliphatic heterocycles. The van der Waals surface area contributed by atoms with Crippen molar-refractivity contribution in [3.05, 3.63) is 83.4 Å². The standard InChI is InChI=1S/C25H27NO5/c1-17(21-12-11-20(28-2)15-23(21)29-3)26-25(27)19-10-13-22(24(14-19)30-4)31-16-18-8-6-5-7-9-18/h5-15,17H,16H2,1-4H3,(H,26,27). The summed E-state index contributed by atoms with van der Waals surface area (Å²) < 4.78 is 22.0. The zero-order valence-corrected chi connectivity index (χ0v) is 18.2. The zero-order valence-electron chi connectivity index (χ0n) is 18.2. The lowest BCUT2D eigenvalue weighted by Gasteiger charge is -2.18. The molecule has 0 saturated carbocycles. The average molecular weight is 421 g/mol. The molecule has 162 valence electrons. The van der Waals surface area contributed by atoms with E-state index in [-0.39, 0.29) is 11.9 Å². The third kappa shape index (κ3) is 5.48. The molecule has 0 bridgehead atoms. The number of methoxy groups -OCH3 is 3. The molecule has 1 unspecified atom stereocenters. The Morgan fingerprint density at radius 2 is 1.58 bits per heavy atom. The molecule has 3 rings (SSSR count). The lowest BCUT2D eigenvalue weighted by molar-refractivity contribution is 0.0939. The van der Waals surface area contributed by atoms with Crippen LogP contribution in [0.15, 0.2) is 66.7 Å². The molecule has 31 heavy (non-hydrogen) atoms. The smallest absolute Gasteiger partial charge is 0.251 e. The highest BCUT2D eigenvalue weighted by Crippen LogP contribution is 2.31. The number of benzene rings is 3. The summed E-state index contributed by atoms with van der Waals surface area (Å²) >= 11 is 0. The van der Waals surface area contributed by atoms with Crippen LogP contribution >= 0.6 is 0 Å². The fraction of sp³-hybridized carbons (Fsp3) is 0.240. The second kappa shape index (κ2) is 10.4. The van der Waals surface area contributed by atoms with Gasteiger partial charge in [0.2, 0.25) is 0 Å². The van der Waals surface area contributed by atoms with E-state index in [4.69, 9.17) is 18.9 Å². The number of amides is 1. The van der Waals surface area contributed by atoms with Gasteiger partial charge in [0.05, 0.1) is 27.4 Å². The number of hydrogen-bond donors (Lipinski definition) is 1. The van der Waals surface area contributed by atoms with Crippen LogP contribution in [0.25, 0.3) is 0 Å². The second-order valence-corrected chi connectivity index (χ2v) is 6.94. The summed E-state index contributed by atoms with van der Waals surface area (Å²) in [6.07, 6.45) is 0. The van der Waals surface area contributed by atoms with Crippen molar-refractivity contribution in [2.24, 2.45) is 0 Å². The van der Waals surface area contributed by atoms with E-state index in [0.717, 1.165) is 11.1 Å². The minimum Gasteiger partial charge on any atom is -0.497 e. The second-order valence-electron chi connectivity index (χ2n) is 6.94. The van der Waals surface area contributed by atoms with Crippen LogP contribution < -0.4 is 24.3 Å². The van der Waals surface area contributed by atoms with Crippen LogP contribution in [-0.2, 0) is 6.61 Å². The van der Waals surface area contributed by atoms with Crippen LogP contribution in [0.2, 0.25) is 0 Å². The summed E-state index contributed by atoms with van der Waals surface area (Å²) in [6.45, 7) is 2.31. The Kier molecular flexibility index (Phi) is 7.38. The Bertz CT molecular complexity index is 1020. The highest BCUT2D eigenvalue weighted by molar-refractivity contribution is 5.95. The molecule has 3 aromatic carbocycles. The number of ether oxygens (including phenoxy) is 4. The topological polar surface area (TPSA) is 66.0 Å². The Balaban J connectivity index is 1.71. The molecule has 0 aliphatic carbocycles. The number of hydrogen-bond acceptors (Lipinski definition) is 5. The molecule has 0 aromatic heterocycles. The maximum atomic E-state index is 12.8. The largest absolute Gasteiger partial charge is 0.497 e. The molecule has 6 nitrogen and oxygen atoms in total. The lowest BCUT2D eigenvalue weighted by atomic mass is 10.1. The van der Waals surface area contributed by atoms with Gasteiger partial charge < -0.3 is 24.3 Å². The monoisotopic (exact) mass is 421 g/mol. The molecule has 0 spiro atoms. The van der Waals surface area contributed by atoms with Gasteiger partial charge in [0, 0.05) is 17.2 Å². The fourth-order valence-corrected chi connectivity index (χ4v) is 3.20.